The summed E-state index contributed by atoms with van der Waals surface area (Å²) in [5.41, 5.74) is 0.998. The van der Waals surface area contributed by atoms with Crippen molar-refractivity contribution in [2.45, 2.75) is 68.5 Å². The van der Waals surface area contributed by atoms with E-state index in [1.807, 2.05) is 6.92 Å². The van der Waals surface area contributed by atoms with E-state index in [4.69, 9.17) is 4.74 Å². The molecule has 2 rings (SSSR count). The molecule has 0 aromatic heterocycles. The number of aryl methyl sites for hydroxylation is 1. The molecule has 0 radical (unpaired) electrons. The van der Waals surface area contributed by atoms with Crippen molar-refractivity contribution >= 4 is 9.84 Å². The van der Waals surface area contributed by atoms with Gasteiger partial charge in [-0.05, 0) is 31.9 Å². The second kappa shape index (κ2) is 6.07. The topological polar surface area (TPSA) is 66.9 Å². The number of sulfone groups is 1. The van der Waals surface area contributed by atoms with Gasteiger partial charge in [0.05, 0.1) is 4.90 Å². The molecule has 1 aliphatic rings. The molecule has 0 aliphatic carbocycles. The first-order valence-electron chi connectivity index (χ1n) is 7.57. The van der Waals surface area contributed by atoms with Crippen LogP contribution in [0.15, 0.2) is 29.2 Å². The minimum atomic E-state index is -3.71. The predicted molar refractivity (Wildman–Crippen MR) is 81.8 cm³/mol. The summed E-state index contributed by atoms with van der Waals surface area (Å²) in [6.07, 6.45) is 1.49. The fourth-order valence-corrected chi connectivity index (χ4v) is 4.83. The van der Waals surface area contributed by atoms with Crippen molar-refractivity contribution in [2.75, 3.05) is 0 Å². The second-order valence-electron chi connectivity index (χ2n) is 5.71. The average Bonchev–Trinajstić information content (AvgIpc) is 3.21. The van der Waals surface area contributed by atoms with E-state index in [9.17, 15) is 13.5 Å². The quantitative estimate of drug-likeness (QED) is 0.786. The van der Waals surface area contributed by atoms with E-state index in [0.29, 0.717) is 12.8 Å². The van der Waals surface area contributed by atoms with Gasteiger partial charge in [-0.25, -0.2) is 8.42 Å². The predicted octanol–water partition coefficient (Wildman–Crippen LogP) is 2.82. The van der Waals surface area contributed by atoms with Crippen LogP contribution in [0.5, 0.6) is 0 Å². The minimum absolute atomic E-state index is 0.222. The number of hydrogen-bond donors (Lipinski definition) is 1. The van der Waals surface area contributed by atoms with Crippen LogP contribution in [0.4, 0.5) is 0 Å². The first-order chi connectivity index (χ1) is 9.90. The van der Waals surface area contributed by atoms with E-state index in [0.717, 1.165) is 18.4 Å². The molecule has 4 nitrogen and oxygen atoms in total. The van der Waals surface area contributed by atoms with Gasteiger partial charge in [-0.3, -0.25) is 0 Å². The smallest absolute Gasteiger partial charge is 0.225 e. The highest BCUT2D eigenvalue weighted by atomic mass is 32.2. The SMILES string of the molecule is CCCC[C@@H]1O[C@@]1([C@H](O)CC)S(=O)(=O)c1ccc(C)cc1. The molecule has 1 aliphatic heterocycles. The Kier molecular flexibility index (Phi) is 4.76. The molecule has 3 atom stereocenters. The normalized spacial score (nSPS) is 26.6. The molecule has 0 unspecified atom stereocenters. The summed E-state index contributed by atoms with van der Waals surface area (Å²) >= 11 is 0. The highest BCUT2D eigenvalue weighted by Gasteiger charge is 2.69. The van der Waals surface area contributed by atoms with Crippen molar-refractivity contribution in [3.63, 3.8) is 0 Å². The summed E-state index contributed by atoms with van der Waals surface area (Å²) < 4.78 is 31.4. The van der Waals surface area contributed by atoms with E-state index in [1.165, 1.54) is 0 Å². The highest BCUT2D eigenvalue weighted by molar-refractivity contribution is 7.93. The van der Waals surface area contributed by atoms with Gasteiger partial charge in [0.2, 0.25) is 14.8 Å². The first kappa shape index (κ1) is 16.5. The summed E-state index contributed by atoms with van der Waals surface area (Å²) in [5, 5.41) is 10.3. The summed E-state index contributed by atoms with van der Waals surface area (Å²) in [4.78, 5) is -1.23. The monoisotopic (exact) mass is 312 g/mol. The van der Waals surface area contributed by atoms with Gasteiger partial charge in [0.1, 0.15) is 12.2 Å². The van der Waals surface area contributed by atoms with Gasteiger partial charge in [0.15, 0.2) is 0 Å². The Morgan fingerprint density at radius 3 is 2.43 bits per heavy atom. The molecule has 1 fully saturated rings. The van der Waals surface area contributed by atoms with Crippen molar-refractivity contribution in [3.05, 3.63) is 29.8 Å². The lowest BCUT2D eigenvalue weighted by Crippen LogP contribution is -2.40. The van der Waals surface area contributed by atoms with Crippen LogP contribution in [-0.4, -0.2) is 30.7 Å². The van der Waals surface area contributed by atoms with Gasteiger partial charge in [0, 0.05) is 0 Å². The van der Waals surface area contributed by atoms with Gasteiger partial charge in [-0.15, -0.1) is 0 Å². The van der Waals surface area contributed by atoms with Gasteiger partial charge in [0.25, 0.3) is 0 Å². The van der Waals surface area contributed by atoms with Crippen LogP contribution in [0.3, 0.4) is 0 Å². The number of hydrogen-bond acceptors (Lipinski definition) is 4. The molecule has 1 saturated heterocycles. The van der Waals surface area contributed by atoms with Crippen molar-refractivity contribution < 1.29 is 18.3 Å². The van der Waals surface area contributed by atoms with Gasteiger partial charge >= 0.3 is 0 Å². The summed E-state index contributed by atoms with van der Waals surface area (Å²) in [7, 11) is -3.71. The molecular weight excluding hydrogens is 288 g/mol. The highest BCUT2D eigenvalue weighted by Crippen LogP contribution is 2.50. The van der Waals surface area contributed by atoms with Gasteiger partial charge in [-0.1, -0.05) is 44.4 Å². The van der Waals surface area contributed by atoms with Crippen LogP contribution in [0, 0.1) is 6.92 Å². The van der Waals surface area contributed by atoms with Crippen molar-refractivity contribution in [2.24, 2.45) is 0 Å². The van der Waals surface area contributed by atoms with E-state index in [2.05, 4.69) is 6.92 Å². The minimum Gasteiger partial charge on any atom is -0.389 e. The molecule has 1 N–H and O–H groups in total. The second-order valence-corrected chi connectivity index (χ2v) is 7.83. The zero-order valence-electron chi connectivity index (χ0n) is 12.9. The third kappa shape index (κ3) is 2.74. The van der Waals surface area contributed by atoms with Crippen LogP contribution in [0.2, 0.25) is 0 Å². The van der Waals surface area contributed by atoms with Crippen LogP contribution in [0.25, 0.3) is 0 Å². The molecule has 0 amide bonds. The van der Waals surface area contributed by atoms with E-state index in [-0.39, 0.29) is 4.90 Å². The lowest BCUT2D eigenvalue weighted by atomic mass is 10.1. The van der Waals surface area contributed by atoms with E-state index < -0.39 is 27.0 Å². The fraction of sp³-hybridized carbons (Fsp3) is 0.625. The third-order valence-corrected chi connectivity index (χ3v) is 6.50. The molecule has 0 saturated carbocycles. The molecule has 21 heavy (non-hydrogen) atoms. The molecular formula is C16H24O4S. The molecule has 1 heterocycles. The number of ether oxygens (including phenoxy) is 1. The Labute approximate surface area is 127 Å². The number of unbranched alkanes of at least 4 members (excludes halogenated alkanes) is 1. The third-order valence-electron chi connectivity index (χ3n) is 4.14. The largest absolute Gasteiger partial charge is 0.389 e. The van der Waals surface area contributed by atoms with E-state index in [1.54, 1.807) is 31.2 Å². The van der Waals surface area contributed by atoms with Gasteiger partial charge < -0.3 is 9.84 Å². The Bertz CT molecular complexity index is 579. The molecule has 1 aromatic carbocycles. The number of rotatable bonds is 7. The van der Waals surface area contributed by atoms with Crippen molar-refractivity contribution in [3.8, 4) is 0 Å². The summed E-state index contributed by atoms with van der Waals surface area (Å²) in [6, 6.07) is 6.71. The Hall–Kier alpha value is -0.910. The van der Waals surface area contributed by atoms with Crippen molar-refractivity contribution in [1.29, 1.82) is 0 Å². The number of aliphatic hydroxyl groups is 1. The maximum Gasteiger partial charge on any atom is 0.225 e. The number of benzene rings is 1. The molecule has 0 spiro atoms. The summed E-state index contributed by atoms with van der Waals surface area (Å²) in [6.45, 7) is 5.73. The van der Waals surface area contributed by atoms with Crippen molar-refractivity contribution in [1.82, 2.24) is 0 Å². The maximum absolute atomic E-state index is 12.9. The zero-order chi connectivity index (χ0) is 15.7. The Balaban J connectivity index is 2.36. The summed E-state index contributed by atoms with van der Waals surface area (Å²) in [5.74, 6) is 0. The van der Waals surface area contributed by atoms with Crippen LogP contribution in [-0.2, 0) is 14.6 Å². The molecule has 1 aromatic rings. The van der Waals surface area contributed by atoms with E-state index >= 15 is 0 Å². The lowest BCUT2D eigenvalue weighted by Gasteiger charge is -2.19. The fourth-order valence-electron chi connectivity index (χ4n) is 2.73. The Morgan fingerprint density at radius 2 is 1.90 bits per heavy atom. The average molecular weight is 312 g/mol. The number of aliphatic hydroxyl groups excluding tert-OH is 1. The standard InChI is InChI=1S/C16H24O4S/c1-4-6-7-15-16(20-15,14(17)5-2)21(18,19)13-10-8-12(3)9-11-13/h8-11,14-15,17H,4-7H2,1-3H3/t14-,15+,16+/m1/s1. The van der Waals surface area contributed by atoms with Gasteiger partial charge in [-0.2, -0.15) is 0 Å². The zero-order valence-corrected chi connectivity index (χ0v) is 13.7. The first-order valence-corrected chi connectivity index (χ1v) is 9.05. The molecule has 118 valence electrons. The Morgan fingerprint density at radius 1 is 1.29 bits per heavy atom. The molecule has 5 heteroatoms. The van der Waals surface area contributed by atoms with Crippen LogP contribution >= 0.6 is 0 Å². The molecule has 0 bridgehead atoms. The lowest BCUT2D eigenvalue weighted by molar-refractivity contribution is 0.111. The number of epoxide rings is 1. The van der Waals surface area contributed by atoms with Crippen LogP contribution in [0.1, 0.15) is 45.1 Å². The van der Waals surface area contributed by atoms with Crippen LogP contribution < -0.4 is 0 Å². The maximum atomic E-state index is 12.9.